The molecular weight excluding hydrogens is 363 g/mol. The van der Waals surface area contributed by atoms with Crippen LogP contribution in [0.25, 0.3) is 11.1 Å². The molecule has 2 fully saturated rings. The second-order valence-corrected chi connectivity index (χ2v) is 7.66. The normalized spacial score (nSPS) is 23.0. The van der Waals surface area contributed by atoms with Crippen LogP contribution in [-0.2, 0) is 6.18 Å². The lowest BCUT2D eigenvalue weighted by molar-refractivity contribution is -0.138. The number of hydrogen-bond acceptors (Lipinski definition) is 3. The fourth-order valence-corrected chi connectivity index (χ4v) is 4.04. The van der Waals surface area contributed by atoms with Gasteiger partial charge in [-0.3, -0.25) is 4.90 Å². The number of nitrogens with one attached hydrogen (secondary N) is 2. The minimum atomic E-state index is -4.34. The number of piperazine rings is 1. The van der Waals surface area contributed by atoms with Gasteiger partial charge in [0.25, 0.3) is 0 Å². The van der Waals surface area contributed by atoms with Crippen LogP contribution in [0, 0.1) is 0 Å². The molecule has 2 N–H and O–H groups in total. The van der Waals surface area contributed by atoms with Gasteiger partial charge in [0.05, 0.1) is 5.56 Å². The first-order valence-corrected chi connectivity index (χ1v) is 9.95. The van der Waals surface area contributed by atoms with Crippen LogP contribution < -0.4 is 10.6 Å². The molecule has 0 unspecified atom stereocenters. The zero-order chi connectivity index (χ0) is 19.6. The van der Waals surface area contributed by atoms with Gasteiger partial charge in [-0.15, -0.1) is 0 Å². The molecule has 1 aliphatic carbocycles. The van der Waals surface area contributed by atoms with Gasteiger partial charge in [0.1, 0.15) is 0 Å². The van der Waals surface area contributed by atoms with E-state index in [1.165, 1.54) is 6.07 Å². The number of halogens is 3. The smallest absolute Gasteiger partial charge is 0.314 e. The van der Waals surface area contributed by atoms with E-state index in [0.29, 0.717) is 11.1 Å². The van der Waals surface area contributed by atoms with Gasteiger partial charge in [0.15, 0.2) is 0 Å². The molecular formula is C22H26F3N3. The van der Waals surface area contributed by atoms with Crippen molar-refractivity contribution >= 4 is 0 Å². The predicted octanol–water partition coefficient (Wildman–Crippen LogP) is 3.72. The molecule has 1 saturated carbocycles. The van der Waals surface area contributed by atoms with Gasteiger partial charge in [0, 0.05) is 51.2 Å². The maximum Gasteiger partial charge on any atom is 0.416 e. The summed E-state index contributed by atoms with van der Waals surface area (Å²) in [5.74, 6) is -0.0514. The van der Waals surface area contributed by atoms with E-state index in [4.69, 9.17) is 0 Å². The molecule has 1 saturated heterocycles. The summed E-state index contributed by atoms with van der Waals surface area (Å²) in [4.78, 5) is 2.39. The van der Waals surface area contributed by atoms with Crippen LogP contribution in [0.15, 0.2) is 48.5 Å². The van der Waals surface area contributed by atoms with E-state index in [9.17, 15) is 13.2 Å². The van der Waals surface area contributed by atoms with Crippen LogP contribution in [0.2, 0.25) is 0 Å². The van der Waals surface area contributed by atoms with E-state index in [2.05, 4.69) is 15.5 Å². The fourth-order valence-electron chi connectivity index (χ4n) is 4.04. The number of nitrogens with zero attached hydrogens (tertiary/aromatic N) is 1. The van der Waals surface area contributed by atoms with Gasteiger partial charge in [-0.2, -0.15) is 13.2 Å². The molecule has 0 amide bonds. The molecule has 4 rings (SSSR count). The predicted molar refractivity (Wildman–Crippen MR) is 105 cm³/mol. The molecule has 0 bridgehead atoms. The Bertz CT molecular complexity index is 785. The highest BCUT2D eigenvalue weighted by Crippen LogP contribution is 2.47. The second-order valence-electron chi connectivity index (χ2n) is 7.66. The van der Waals surface area contributed by atoms with Crippen molar-refractivity contribution in [3.8, 4) is 11.1 Å². The van der Waals surface area contributed by atoms with Crippen LogP contribution >= 0.6 is 0 Å². The molecule has 150 valence electrons. The summed E-state index contributed by atoms with van der Waals surface area (Å²) in [6.07, 6.45) is -3.57. The largest absolute Gasteiger partial charge is 0.416 e. The summed E-state index contributed by atoms with van der Waals surface area (Å²) in [6.45, 7) is 5.86. The van der Waals surface area contributed by atoms with Gasteiger partial charge >= 0.3 is 6.18 Å². The quantitative estimate of drug-likeness (QED) is 0.789. The number of hydrogen-bond donors (Lipinski definition) is 2. The van der Waals surface area contributed by atoms with E-state index >= 15 is 0 Å². The minimum absolute atomic E-state index is 0.0514. The Hall–Kier alpha value is -1.89. The highest BCUT2D eigenvalue weighted by Gasteiger charge is 2.44. The number of rotatable bonds is 6. The van der Waals surface area contributed by atoms with Crippen LogP contribution in [-0.4, -0.2) is 50.2 Å². The van der Waals surface area contributed by atoms with Gasteiger partial charge < -0.3 is 10.6 Å². The van der Waals surface area contributed by atoms with E-state index in [1.807, 2.05) is 36.4 Å². The Labute approximate surface area is 163 Å². The lowest BCUT2D eigenvalue weighted by Gasteiger charge is -2.27. The molecule has 1 heterocycles. The SMILES string of the molecule is FC(F)(F)c1cc(-c2ccccc2)ccc1[C@@H]1C[C@H]1NCCN1CCNCC1. The Morgan fingerprint density at radius 3 is 2.46 bits per heavy atom. The van der Waals surface area contributed by atoms with Crippen molar-refractivity contribution in [2.45, 2.75) is 24.6 Å². The molecule has 6 heteroatoms. The molecule has 0 spiro atoms. The van der Waals surface area contributed by atoms with E-state index in [1.54, 1.807) is 6.07 Å². The first kappa shape index (κ1) is 19.4. The zero-order valence-corrected chi connectivity index (χ0v) is 15.8. The lowest BCUT2D eigenvalue weighted by Crippen LogP contribution is -2.46. The van der Waals surface area contributed by atoms with Gasteiger partial charge in [-0.25, -0.2) is 0 Å². The maximum absolute atomic E-state index is 13.7. The molecule has 2 aliphatic rings. The topological polar surface area (TPSA) is 27.3 Å². The Kier molecular flexibility index (Phi) is 5.71. The Morgan fingerprint density at radius 1 is 1.00 bits per heavy atom. The molecule has 0 radical (unpaired) electrons. The summed E-state index contributed by atoms with van der Waals surface area (Å²) in [7, 11) is 0. The third kappa shape index (κ3) is 4.57. The molecule has 28 heavy (non-hydrogen) atoms. The monoisotopic (exact) mass is 389 g/mol. The average molecular weight is 389 g/mol. The summed E-state index contributed by atoms with van der Waals surface area (Å²) in [5, 5.41) is 6.77. The van der Waals surface area contributed by atoms with E-state index in [0.717, 1.165) is 51.3 Å². The maximum atomic E-state index is 13.7. The van der Waals surface area contributed by atoms with E-state index in [-0.39, 0.29) is 12.0 Å². The van der Waals surface area contributed by atoms with Crippen molar-refractivity contribution in [1.29, 1.82) is 0 Å². The van der Waals surface area contributed by atoms with Crippen LogP contribution in [0.1, 0.15) is 23.5 Å². The summed E-state index contributed by atoms with van der Waals surface area (Å²) < 4.78 is 41.2. The molecule has 2 aromatic carbocycles. The zero-order valence-electron chi connectivity index (χ0n) is 15.8. The third-order valence-electron chi connectivity index (χ3n) is 5.70. The van der Waals surface area contributed by atoms with Crippen LogP contribution in [0.4, 0.5) is 13.2 Å². The molecule has 2 aromatic rings. The van der Waals surface area contributed by atoms with Gasteiger partial charge in [-0.1, -0.05) is 42.5 Å². The van der Waals surface area contributed by atoms with Crippen LogP contribution in [0.5, 0.6) is 0 Å². The molecule has 3 nitrogen and oxygen atoms in total. The number of benzene rings is 2. The second kappa shape index (κ2) is 8.23. The van der Waals surface area contributed by atoms with Crippen molar-refractivity contribution in [1.82, 2.24) is 15.5 Å². The average Bonchev–Trinajstić information content (AvgIpc) is 3.48. The van der Waals surface area contributed by atoms with Crippen molar-refractivity contribution in [3.05, 3.63) is 59.7 Å². The molecule has 1 aliphatic heterocycles. The van der Waals surface area contributed by atoms with Crippen molar-refractivity contribution in [2.75, 3.05) is 39.3 Å². The van der Waals surface area contributed by atoms with E-state index < -0.39 is 11.7 Å². The first-order valence-electron chi connectivity index (χ1n) is 9.95. The molecule has 2 atom stereocenters. The summed E-state index contributed by atoms with van der Waals surface area (Å²) >= 11 is 0. The third-order valence-corrected chi connectivity index (χ3v) is 5.70. The Balaban J connectivity index is 1.43. The van der Waals surface area contributed by atoms with Gasteiger partial charge in [-0.05, 0) is 29.2 Å². The Morgan fingerprint density at radius 2 is 1.75 bits per heavy atom. The lowest BCUT2D eigenvalue weighted by atomic mass is 9.96. The summed E-state index contributed by atoms with van der Waals surface area (Å²) in [5.41, 5.74) is 1.35. The minimum Gasteiger partial charge on any atom is -0.314 e. The molecule has 0 aromatic heterocycles. The first-order chi connectivity index (χ1) is 13.5. The highest BCUT2D eigenvalue weighted by atomic mass is 19.4. The fraction of sp³-hybridized carbons (Fsp3) is 0.455. The van der Waals surface area contributed by atoms with Gasteiger partial charge in [0.2, 0.25) is 0 Å². The van der Waals surface area contributed by atoms with Crippen molar-refractivity contribution in [2.24, 2.45) is 0 Å². The number of alkyl halides is 3. The summed E-state index contributed by atoms with van der Waals surface area (Å²) in [6, 6.07) is 14.2. The van der Waals surface area contributed by atoms with Crippen molar-refractivity contribution in [3.63, 3.8) is 0 Å². The highest BCUT2D eigenvalue weighted by molar-refractivity contribution is 5.65. The standard InChI is InChI=1S/C22H26F3N3/c23-22(24,25)20-14-17(16-4-2-1-3-5-16)6-7-18(20)19-15-21(19)27-10-13-28-11-8-26-9-12-28/h1-7,14,19,21,26-27H,8-13,15H2/t19-,21+/m0/s1. The van der Waals surface area contributed by atoms with Crippen molar-refractivity contribution < 1.29 is 13.2 Å². The van der Waals surface area contributed by atoms with Crippen LogP contribution in [0.3, 0.4) is 0 Å².